The summed E-state index contributed by atoms with van der Waals surface area (Å²) in [6.45, 7) is 13.5. The third-order valence-corrected chi connectivity index (χ3v) is 6.14. The maximum Gasteiger partial charge on any atom is 0.168 e. The van der Waals surface area contributed by atoms with Gasteiger partial charge in [0.2, 0.25) is 0 Å². The van der Waals surface area contributed by atoms with Gasteiger partial charge >= 0.3 is 0 Å². The second-order valence-corrected chi connectivity index (χ2v) is 9.14. The van der Waals surface area contributed by atoms with Crippen LogP contribution in [-0.4, -0.2) is 62.2 Å². The second-order valence-electron chi connectivity index (χ2n) is 9.14. The Hall–Kier alpha value is -0.720. The summed E-state index contributed by atoms with van der Waals surface area (Å²) >= 11 is 0. The van der Waals surface area contributed by atoms with Gasteiger partial charge in [0.05, 0.1) is 11.6 Å². The molecule has 1 unspecified atom stereocenters. The summed E-state index contributed by atoms with van der Waals surface area (Å²) in [5.74, 6) is 1.05. The van der Waals surface area contributed by atoms with E-state index in [2.05, 4.69) is 53.0 Å². The van der Waals surface area contributed by atoms with Gasteiger partial charge in [-0.1, -0.05) is 39.0 Å². The van der Waals surface area contributed by atoms with Crippen molar-refractivity contribution in [2.75, 3.05) is 26.2 Å². The van der Waals surface area contributed by atoms with Crippen LogP contribution in [0.5, 0.6) is 0 Å². The lowest BCUT2D eigenvalue weighted by Crippen LogP contribution is -2.52. The van der Waals surface area contributed by atoms with Crippen molar-refractivity contribution < 1.29 is 0 Å². The number of rotatable bonds is 6. The normalized spacial score (nSPS) is 21.8. The van der Waals surface area contributed by atoms with Crippen molar-refractivity contribution in [3.8, 4) is 0 Å². The molecular formula is C20H39ClN6. The van der Waals surface area contributed by atoms with Crippen LogP contribution in [0.2, 0.25) is 0 Å². The van der Waals surface area contributed by atoms with Crippen LogP contribution in [0.15, 0.2) is 0 Å². The predicted molar refractivity (Wildman–Crippen MR) is 112 cm³/mol. The maximum atomic E-state index is 4.47. The number of hydrogen-bond acceptors (Lipinski definition) is 5. The van der Waals surface area contributed by atoms with Crippen molar-refractivity contribution in [1.82, 2.24) is 30.0 Å². The third kappa shape index (κ3) is 5.64. The van der Waals surface area contributed by atoms with Crippen molar-refractivity contribution in [2.45, 2.75) is 96.7 Å². The fourth-order valence-corrected chi connectivity index (χ4v) is 4.61. The molecule has 0 bridgehead atoms. The Bertz CT molecular complexity index is 541. The Kier molecular flexibility index (Phi) is 8.50. The van der Waals surface area contributed by atoms with Crippen molar-refractivity contribution in [3.63, 3.8) is 0 Å². The van der Waals surface area contributed by atoms with Gasteiger partial charge in [-0.05, 0) is 50.5 Å². The van der Waals surface area contributed by atoms with E-state index in [1.165, 1.54) is 58.0 Å². The van der Waals surface area contributed by atoms with Gasteiger partial charge in [0.25, 0.3) is 0 Å². The molecule has 1 aromatic rings. The minimum Gasteiger partial charge on any atom is -0.298 e. The van der Waals surface area contributed by atoms with E-state index in [-0.39, 0.29) is 17.9 Å². The van der Waals surface area contributed by atoms with Gasteiger partial charge in [0.1, 0.15) is 0 Å². The molecule has 0 aromatic carbocycles. The Labute approximate surface area is 171 Å². The first-order chi connectivity index (χ1) is 12.5. The Morgan fingerprint density at radius 2 is 1.70 bits per heavy atom. The van der Waals surface area contributed by atoms with Gasteiger partial charge in [-0.2, -0.15) is 0 Å². The molecule has 0 N–H and O–H groups in total. The maximum absolute atomic E-state index is 4.47. The largest absolute Gasteiger partial charge is 0.298 e. The van der Waals surface area contributed by atoms with E-state index >= 15 is 0 Å². The number of piperazine rings is 1. The molecule has 1 saturated heterocycles. The van der Waals surface area contributed by atoms with Crippen LogP contribution in [0.4, 0.5) is 0 Å². The lowest BCUT2D eigenvalue weighted by Gasteiger charge is -2.43. The Morgan fingerprint density at radius 1 is 1.04 bits per heavy atom. The first-order valence-corrected chi connectivity index (χ1v) is 10.8. The predicted octanol–water partition coefficient (Wildman–Crippen LogP) is 4.03. The van der Waals surface area contributed by atoms with Crippen molar-refractivity contribution >= 4 is 12.4 Å². The summed E-state index contributed by atoms with van der Waals surface area (Å²) in [6, 6.07) is 1.18. The lowest BCUT2D eigenvalue weighted by molar-refractivity contribution is 0.0483. The zero-order chi connectivity index (χ0) is 18.6. The average molecular weight is 399 g/mol. The molecular weight excluding hydrogens is 360 g/mol. The molecule has 1 atom stereocenters. The summed E-state index contributed by atoms with van der Waals surface area (Å²) in [5.41, 5.74) is -0.0762. The standard InChI is InChI=1S/C20H38N6.ClH/c1-5-6-12-18(19-21-22-23-26(19)20(2,3)4)25-15-13-24(14-16-25)17-10-8-7-9-11-17;/h17-18H,5-16H2,1-4H3;1H. The summed E-state index contributed by atoms with van der Waals surface area (Å²) < 4.78 is 2.04. The fraction of sp³-hybridized carbons (Fsp3) is 0.950. The fourth-order valence-electron chi connectivity index (χ4n) is 4.61. The molecule has 156 valence electrons. The summed E-state index contributed by atoms with van der Waals surface area (Å²) in [6.07, 6.45) is 10.7. The van der Waals surface area contributed by atoms with E-state index in [9.17, 15) is 0 Å². The number of unbranched alkanes of at least 4 members (excludes halogenated alkanes) is 1. The minimum absolute atomic E-state index is 0. The van der Waals surface area contributed by atoms with Crippen LogP contribution >= 0.6 is 12.4 Å². The molecule has 1 aliphatic carbocycles. The van der Waals surface area contributed by atoms with Crippen LogP contribution in [0, 0.1) is 0 Å². The summed E-state index contributed by atoms with van der Waals surface area (Å²) in [7, 11) is 0. The SMILES string of the molecule is CCCCC(c1nnnn1C(C)(C)C)N1CCN(C2CCCCC2)CC1.Cl. The van der Waals surface area contributed by atoms with Gasteiger partial charge < -0.3 is 0 Å². The molecule has 1 aliphatic heterocycles. The molecule has 0 spiro atoms. The van der Waals surface area contributed by atoms with Gasteiger partial charge in [-0.25, -0.2) is 4.68 Å². The first-order valence-electron chi connectivity index (χ1n) is 10.8. The van der Waals surface area contributed by atoms with Gasteiger partial charge in [0.15, 0.2) is 5.82 Å². The monoisotopic (exact) mass is 398 g/mol. The second kappa shape index (κ2) is 10.2. The number of hydrogen-bond donors (Lipinski definition) is 0. The molecule has 1 aromatic heterocycles. The highest BCUT2D eigenvalue weighted by Crippen LogP contribution is 2.30. The van der Waals surface area contributed by atoms with Gasteiger partial charge in [-0.3, -0.25) is 9.80 Å². The molecule has 2 fully saturated rings. The van der Waals surface area contributed by atoms with Crippen molar-refractivity contribution in [1.29, 1.82) is 0 Å². The van der Waals surface area contributed by atoms with Crippen LogP contribution in [0.1, 0.15) is 90.9 Å². The van der Waals surface area contributed by atoms with Crippen molar-refractivity contribution in [3.05, 3.63) is 5.82 Å². The molecule has 1 saturated carbocycles. The zero-order valence-corrected chi connectivity index (χ0v) is 18.5. The van der Waals surface area contributed by atoms with Crippen LogP contribution < -0.4 is 0 Å². The smallest absolute Gasteiger partial charge is 0.168 e. The molecule has 27 heavy (non-hydrogen) atoms. The Morgan fingerprint density at radius 3 is 2.30 bits per heavy atom. The molecule has 7 heteroatoms. The van der Waals surface area contributed by atoms with Crippen molar-refractivity contribution in [2.24, 2.45) is 0 Å². The van der Waals surface area contributed by atoms with E-state index in [0.717, 1.165) is 31.4 Å². The summed E-state index contributed by atoms with van der Waals surface area (Å²) in [5, 5.41) is 12.8. The quantitative estimate of drug-likeness (QED) is 0.723. The van der Waals surface area contributed by atoms with E-state index in [0.29, 0.717) is 6.04 Å². The van der Waals surface area contributed by atoms with Crippen LogP contribution in [0.3, 0.4) is 0 Å². The van der Waals surface area contributed by atoms with E-state index in [4.69, 9.17) is 0 Å². The lowest BCUT2D eigenvalue weighted by atomic mass is 9.93. The van der Waals surface area contributed by atoms with E-state index < -0.39 is 0 Å². The number of nitrogens with zero attached hydrogens (tertiary/aromatic N) is 6. The minimum atomic E-state index is -0.0762. The highest BCUT2D eigenvalue weighted by molar-refractivity contribution is 5.85. The third-order valence-electron chi connectivity index (χ3n) is 6.14. The molecule has 2 aliphatic rings. The topological polar surface area (TPSA) is 50.1 Å². The average Bonchev–Trinajstić information content (AvgIpc) is 3.13. The van der Waals surface area contributed by atoms with E-state index in [1.807, 2.05) is 4.68 Å². The molecule has 2 heterocycles. The number of tetrazole rings is 1. The first kappa shape index (κ1) is 22.6. The Balaban J connectivity index is 0.00000261. The number of aromatic nitrogens is 4. The van der Waals surface area contributed by atoms with Crippen LogP contribution in [0.25, 0.3) is 0 Å². The van der Waals surface area contributed by atoms with Gasteiger partial charge in [-0.15, -0.1) is 17.5 Å². The molecule has 0 amide bonds. The zero-order valence-electron chi connectivity index (χ0n) is 17.7. The van der Waals surface area contributed by atoms with E-state index in [1.54, 1.807) is 0 Å². The van der Waals surface area contributed by atoms with Gasteiger partial charge in [0, 0.05) is 32.2 Å². The highest BCUT2D eigenvalue weighted by atomic mass is 35.5. The van der Waals surface area contributed by atoms with Crippen LogP contribution in [-0.2, 0) is 5.54 Å². The summed E-state index contributed by atoms with van der Waals surface area (Å²) in [4.78, 5) is 5.39. The molecule has 6 nitrogen and oxygen atoms in total. The highest BCUT2D eigenvalue weighted by Gasteiger charge is 2.33. The number of halogens is 1. The molecule has 3 rings (SSSR count). The molecule has 0 radical (unpaired) electrons.